The van der Waals surface area contributed by atoms with Gasteiger partial charge in [0.1, 0.15) is 10.8 Å². The van der Waals surface area contributed by atoms with E-state index in [9.17, 15) is 4.79 Å². The molecule has 1 amide bonds. The molecule has 0 fully saturated rings. The zero-order valence-electron chi connectivity index (χ0n) is 16.3. The van der Waals surface area contributed by atoms with Gasteiger partial charge in [-0.25, -0.2) is 4.98 Å². The molecule has 1 atom stereocenters. The number of hydrogen-bond acceptors (Lipinski definition) is 5. The third-order valence-corrected chi connectivity index (χ3v) is 6.29. The Bertz CT molecular complexity index is 1130. The second-order valence-corrected chi connectivity index (χ2v) is 8.68. The number of carbonyl (C=O) groups is 1. The molecule has 0 saturated carbocycles. The fourth-order valence-electron chi connectivity index (χ4n) is 3.14. The van der Waals surface area contributed by atoms with Gasteiger partial charge >= 0.3 is 0 Å². The first-order valence-electron chi connectivity index (χ1n) is 9.54. The predicted molar refractivity (Wildman–Crippen MR) is 124 cm³/mol. The van der Waals surface area contributed by atoms with Crippen molar-refractivity contribution in [3.63, 3.8) is 0 Å². The van der Waals surface area contributed by atoms with E-state index in [-0.39, 0.29) is 17.7 Å². The number of nitrogens with one attached hydrogen (secondary N) is 2. The largest absolute Gasteiger partial charge is 0.459 e. The van der Waals surface area contributed by atoms with Gasteiger partial charge in [0.05, 0.1) is 12.3 Å². The van der Waals surface area contributed by atoms with Gasteiger partial charge in [0, 0.05) is 21.1 Å². The van der Waals surface area contributed by atoms with Crippen molar-refractivity contribution >= 4 is 44.0 Å². The molecule has 5 nitrogen and oxygen atoms in total. The molecule has 3 aromatic heterocycles. The first kappa shape index (κ1) is 20.4. The molecule has 2 N–H and O–H groups in total. The van der Waals surface area contributed by atoms with Gasteiger partial charge in [-0.05, 0) is 54.4 Å². The van der Waals surface area contributed by atoms with Crippen LogP contribution in [-0.2, 0) is 6.42 Å². The van der Waals surface area contributed by atoms with Crippen molar-refractivity contribution in [2.45, 2.75) is 19.4 Å². The first-order chi connectivity index (χ1) is 14.6. The monoisotopic (exact) mass is 481 g/mol. The van der Waals surface area contributed by atoms with Crippen molar-refractivity contribution in [2.75, 3.05) is 10.6 Å². The fraction of sp³-hybridized carbons (Fsp3) is 0.130. The lowest BCUT2D eigenvalue weighted by Crippen LogP contribution is -2.16. The Kier molecular flexibility index (Phi) is 6.30. The molecule has 3 heterocycles. The number of carbonyl (C=O) groups excluding carboxylic acids is 1. The molecular weight excluding hydrogens is 462 g/mol. The van der Waals surface area contributed by atoms with E-state index in [2.05, 4.69) is 56.7 Å². The lowest BCUT2D eigenvalue weighted by atomic mass is 9.99. The normalized spacial score (nSPS) is 11.8. The molecule has 7 heteroatoms. The maximum atomic E-state index is 12.7. The smallest absolute Gasteiger partial charge is 0.291 e. The standard InChI is InChI=1S/C23H20BrN3O2S/c1-2-17-14-18(23(30-17)27-22(28)19-9-6-12-29-19)21(15-7-5-8-16(24)13-15)26-20-10-3-4-11-25-20/h3-14,21H,2H2,1H3,(H,25,26)(H,27,28)/t21-/m0/s1. The highest BCUT2D eigenvalue weighted by atomic mass is 79.9. The second kappa shape index (κ2) is 9.28. The number of halogens is 1. The molecule has 0 spiro atoms. The number of aromatic nitrogens is 1. The maximum Gasteiger partial charge on any atom is 0.291 e. The summed E-state index contributed by atoms with van der Waals surface area (Å²) in [7, 11) is 0. The molecule has 0 unspecified atom stereocenters. The lowest BCUT2D eigenvalue weighted by molar-refractivity contribution is 0.0997. The summed E-state index contributed by atoms with van der Waals surface area (Å²) in [5, 5.41) is 7.35. The highest BCUT2D eigenvalue weighted by Crippen LogP contribution is 2.38. The van der Waals surface area contributed by atoms with Crippen LogP contribution in [0, 0.1) is 0 Å². The molecule has 4 aromatic rings. The quantitative estimate of drug-likeness (QED) is 0.315. The Morgan fingerprint density at radius 1 is 1.17 bits per heavy atom. The van der Waals surface area contributed by atoms with Gasteiger partial charge in [0.2, 0.25) is 0 Å². The van der Waals surface area contributed by atoms with Gasteiger partial charge in [-0.2, -0.15) is 0 Å². The van der Waals surface area contributed by atoms with Crippen LogP contribution >= 0.6 is 27.3 Å². The molecule has 0 saturated heterocycles. The summed E-state index contributed by atoms with van der Waals surface area (Å²) in [4.78, 5) is 18.3. The summed E-state index contributed by atoms with van der Waals surface area (Å²) in [6, 6.07) is 19.2. The summed E-state index contributed by atoms with van der Waals surface area (Å²) in [6.45, 7) is 2.11. The topological polar surface area (TPSA) is 67.2 Å². The van der Waals surface area contributed by atoms with E-state index in [4.69, 9.17) is 4.42 Å². The Morgan fingerprint density at radius 3 is 2.77 bits per heavy atom. The highest BCUT2D eigenvalue weighted by molar-refractivity contribution is 9.10. The minimum absolute atomic E-state index is 0.194. The zero-order chi connectivity index (χ0) is 20.9. The van der Waals surface area contributed by atoms with Crippen molar-refractivity contribution in [3.05, 3.63) is 99.4 Å². The summed E-state index contributed by atoms with van der Waals surface area (Å²) < 4.78 is 6.24. The van der Waals surface area contributed by atoms with Crippen LogP contribution in [0.1, 0.15) is 39.5 Å². The summed E-state index contributed by atoms with van der Waals surface area (Å²) in [5.74, 6) is 0.774. The van der Waals surface area contributed by atoms with Gasteiger partial charge in [-0.1, -0.05) is 41.1 Å². The van der Waals surface area contributed by atoms with Crippen LogP contribution in [0.2, 0.25) is 0 Å². The summed E-state index contributed by atoms with van der Waals surface area (Å²) in [5.41, 5.74) is 2.05. The molecule has 0 aliphatic rings. The number of rotatable bonds is 7. The van der Waals surface area contributed by atoms with Gasteiger partial charge in [-0.15, -0.1) is 11.3 Å². The van der Waals surface area contributed by atoms with Crippen LogP contribution < -0.4 is 10.6 Å². The number of anilines is 2. The van der Waals surface area contributed by atoms with E-state index in [0.717, 1.165) is 32.8 Å². The Hall–Kier alpha value is -2.90. The molecule has 0 bridgehead atoms. The predicted octanol–water partition coefficient (Wildman–Crippen LogP) is 6.51. The average molecular weight is 482 g/mol. The Labute approximate surface area is 187 Å². The van der Waals surface area contributed by atoms with Crippen molar-refractivity contribution in [1.82, 2.24) is 4.98 Å². The van der Waals surface area contributed by atoms with E-state index in [0.29, 0.717) is 0 Å². The third kappa shape index (κ3) is 4.63. The minimum Gasteiger partial charge on any atom is -0.459 e. The van der Waals surface area contributed by atoms with Crippen LogP contribution in [0.15, 0.2) is 82.0 Å². The van der Waals surface area contributed by atoms with Crippen LogP contribution in [0.4, 0.5) is 10.8 Å². The van der Waals surface area contributed by atoms with Crippen LogP contribution in [0.5, 0.6) is 0 Å². The number of aryl methyl sites for hydroxylation is 1. The van der Waals surface area contributed by atoms with Gasteiger partial charge in [0.15, 0.2) is 5.76 Å². The Morgan fingerprint density at radius 2 is 2.07 bits per heavy atom. The van der Waals surface area contributed by atoms with Crippen molar-refractivity contribution in [1.29, 1.82) is 0 Å². The molecule has 30 heavy (non-hydrogen) atoms. The highest BCUT2D eigenvalue weighted by Gasteiger charge is 2.23. The maximum absolute atomic E-state index is 12.7. The van der Waals surface area contributed by atoms with Crippen LogP contribution in [-0.4, -0.2) is 10.9 Å². The average Bonchev–Trinajstić information content (AvgIpc) is 3.43. The molecule has 4 rings (SSSR count). The van der Waals surface area contributed by atoms with Gasteiger partial charge < -0.3 is 15.1 Å². The third-order valence-electron chi connectivity index (χ3n) is 4.58. The summed E-state index contributed by atoms with van der Waals surface area (Å²) >= 11 is 5.15. The lowest BCUT2D eigenvalue weighted by Gasteiger charge is -2.21. The Balaban J connectivity index is 1.75. The van der Waals surface area contributed by atoms with Crippen molar-refractivity contribution in [2.24, 2.45) is 0 Å². The number of amides is 1. The van der Waals surface area contributed by atoms with E-state index in [1.54, 1.807) is 29.7 Å². The first-order valence-corrected chi connectivity index (χ1v) is 11.2. The molecule has 0 aliphatic heterocycles. The number of nitrogens with zero attached hydrogens (tertiary/aromatic N) is 1. The van der Waals surface area contributed by atoms with Gasteiger partial charge in [-0.3, -0.25) is 4.79 Å². The number of hydrogen-bond donors (Lipinski definition) is 2. The molecule has 1 aromatic carbocycles. The number of furan rings is 1. The van der Waals surface area contributed by atoms with E-state index >= 15 is 0 Å². The van der Waals surface area contributed by atoms with E-state index < -0.39 is 0 Å². The minimum atomic E-state index is -0.267. The van der Waals surface area contributed by atoms with Crippen molar-refractivity contribution < 1.29 is 9.21 Å². The second-order valence-electron chi connectivity index (χ2n) is 6.63. The molecule has 0 radical (unpaired) electrons. The molecule has 152 valence electrons. The number of pyridine rings is 1. The van der Waals surface area contributed by atoms with E-state index in [1.165, 1.54) is 11.1 Å². The molecular formula is C23H20BrN3O2S. The van der Waals surface area contributed by atoms with Crippen molar-refractivity contribution in [3.8, 4) is 0 Å². The zero-order valence-corrected chi connectivity index (χ0v) is 18.7. The summed E-state index contributed by atoms with van der Waals surface area (Å²) in [6.07, 6.45) is 4.13. The van der Waals surface area contributed by atoms with Crippen LogP contribution in [0.25, 0.3) is 0 Å². The number of benzene rings is 1. The van der Waals surface area contributed by atoms with E-state index in [1.807, 2.05) is 30.3 Å². The number of thiophene rings is 1. The SMILES string of the molecule is CCc1cc([C@@H](Nc2ccccn2)c2cccc(Br)c2)c(NC(=O)c2ccco2)s1. The fourth-order valence-corrected chi connectivity index (χ4v) is 4.59. The van der Waals surface area contributed by atoms with Gasteiger partial charge in [0.25, 0.3) is 5.91 Å². The molecule has 0 aliphatic carbocycles. The van der Waals surface area contributed by atoms with Crippen LogP contribution in [0.3, 0.4) is 0 Å².